The first-order valence-corrected chi connectivity index (χ1v) is 12.4. The number of Topliss-reactive ketones (excluding diaryl/α,β-unsaturated/α-hetero) is 1. The van der Waals surface area contributed by atoms with E-state index in [4.69, 9.17) is 0 Å². The number of hydrogen-bond donors (Lipinski definition) is 2. The summed E-state index contributed by atoms with van der Waals surface area (Å²) in [7, 11) is 0. The molecule has 6 nitrogen and oxygen atoms in total. The zero-order valence-corrected chi connectivity index (χ0v) is 20.5. The first-order valence-electron chi connectivity index (χ1n) is 11.6. The van der Waals surface area contributed by atoms with E-state index < -0.39 is 5.54 Å². The Morgan fingerprint density at radius 1 is 1.09 bits per heavy atom. The van der Waals surface area contributed by atoms with Crippen LogP contribution in [0.4, 0.5) is 5.69 Å². The number of carbonyl (C=O) groups is 2. The topological polar surface area (TPSA) is 68.4 Å². The minimum absolute atomic E-state index is 0.134. The zero-order chi connectivity index (χ0) is 23.0. The number of benzene rings is 2. The summed E-state index contributed by atoms with van der Waals surface area (Å²) in [6.45, 7) is 5.21. The highest BCUT2D eigenvalue weighted by Crippen LogP contribution is 2.36. The second kappa shape index (κ2) is 8.95. The molecule has 33 heavy (non-hydrogen) atoms. The van der Waals surface area contributed by atoms with E-state index in [1.807, 2.05) is 24.3 Å². The summed E-state index contributed by atoms with van der Waals surface area (Å²) < 4.78 is 1.03. The molecule has 2 aliphatic rings. The zero-order valence-electron chi connectivity index (χ0n) is 18.9. The minimum Gasteiger partial charge on any atom is -0.352 e. The smallest absolute Gasteiger partial charge is 0.247 e. The Hall–Kier alpha value is -2.64. The van der Waals surface area contributed by atoms with Crippen molar-refractivity contribution in [2.45, 2.75) is 38.1 Å². The number of rotatable bonds is 6. The fourth-order valence-electron chi connectivity index (χ4n) is 5.19. The summed E-state index contributed by atoms with van der Waals surface area (Å²) >= 11 is 3.49. The van der Waals surface area contributed by atoms with Crippen LogP contribution in [0.1, 0.15) is 41.7 Å². The van der Waals surface area contributed by atoms with Crippen molar-refractivity contribution < 1.29 is 9.59 Å². The van der Waals surface area contributed by atoms with Gasteiger partial charge in [-0.15, -0.1) is 0 Å². The largest absolute Gasteiger partial charge is 0.352 e. The van der Waals surface area contributed by atoms with E-state index in [0.29, 0.717) is 18.8 Å². The van der Waals surface area contributed by atoms with Gasteiger partial charge < -0.3 is 20.1 Å². The average molecular weight is 509 g/mol. The van der Waals surface area contributed by atoms with Crippen LogP contribution in [0.3, 0.4) is 0 Å². The van der Waals surface area contributed by atoms with Gasteiger partial charge in [0.15, 0.2) is 5.78 Å². The summed E-state index contributed by atoms with van der Waals surface area (Å²) in [5, 5.41) is 4.15. The minimum atomic E-state index is -0.470. The molecule has 2 aromatic carbocycles. The Balaban J connectivity index is 1.16. The first kappa shape index (κ1) is 22.2. The number of aryl methyl sites for hydroxylation is 1. The molecule has 1 spiro atoms. The van der Waals surface area contributed by atoms with Crippen LogP contribution in [0.15, 0.2) is 53.0 Å². The second-order valence-electron chi connectivity index (χ2n) is 9.24. The van der Waals surface area contributed by atoms with Gasteiger partial charge in [0.1, 0.15) is 5.54 Å². The molecule has 0 atom stereocenters. The van der Waals surface area contributed by atoms with Gasteiger partial charge in [0.05, 0.1) is 12.4 Å². The Labute approximate surface area is 202 Å². The number of H-pyrrole nitrogens is 1. The molecule has 2 aliphatic heterocycles. The number of fused-ring (bicyclic) bond motifs is 1. The number of ketones is 1. The van der Waals surface area contributed by atoms with Gasteiger partial charge >= 0.3 is 0 Å². The van der Waals surface area contributed by atoms with Crippen molar-refractivity contribution in [3.8, 4) is 0 Å². The second-order valence-corrected chi connectivity index (χ2v) is 10.2. The summed E-state index contributed by atoms with van der Waals surface area (Å²) in [5.74, 6) is 0.295. The highest BCUT2D eigenvalue weighted by Gasteiger charge is 2.50. The highest BCUT2D eigenvalue weighted by atomic mass is 79.9. The summed E-state index contributed by atoms with van der Waals surface area (Å²) in [6, 6.07) is 16.3. The van der Waals surface area contributed by atoms with Gasteiger partial charge in [0, 0.05) is 40.6 Å². The van der Waals surface area contributed by atoms with Gasteiger partial charge in [0.2, 0.25) is 5.91 Å². The Morgan fingerprint density at radius 2 is 1.85 bits per heavy atom. The molecule has 3 aromatic rings. The number of nitrogens with one attached hydrogen (secondary N) is 2. The Morgan fingerprint density at radius 3 is 2.61 bits per heavy atom. The molecule has 7 heteroatoms. The van der Waals surface area contributed by atoms with Crippen molar-refractivity contribution in [1.29, 1.82) is 0 Å². The van der Waals surface area contributed by atoms with Crippen LogP contribution >= 0.6 is 15.9 Å². The van der Waals surface area contributed by atoms with E-state index in [1.165, 1.54) is 5.56 Å². The maximum Gasteiger partial charge on any atom is 0.247 e. The highest BCUT2D eigenvalue weighted by molar-refractivity contribution is 9.10. The van der Waals surface area contributed by atoms with Crippen LogP contribution in [-0.4, -0.2) is 53.4 Å². The predicted molar refractivity (Wildman–Crippen MR) is 135 cm³/mol. The molecular formula is C26H29BrN4O2. The predicted octanol–water partition coefficient (Wildman–Crippen LogP) is 4.63. The van der Waals surface area contributed by atoms with Crippen LogP contribution in [0.25, 0.3) is 10.9 Å². The van der Waals surface area contributed by atoms with Crippen LogP contribution < -0.4 is 10.2 Å². The Bertz CT molecular complexity index is 1180. The molecular weight excluding hydrogens is 480 g/mol. The van der Waals surface area contributed by atoms with Crippen molar-refractivity contribution in [3.63, 3.8) is 0 Å². The van der Waals surface area contributed by atoms with E-state index in [-0.39, 0.29) is 11.7 Å². The summed E-state index contributed by atoms with van der Waals surface area (Å²) in [6.07, 6.45) is 2.94. The maximum absolute atomic E-state index is 12.8. The number of aromatic nitrogens is 1. The molecule has 2 N–H and O–H groups in total. The fraction of sp³-hybridized carbons (Fsp3) is 0.385. The molecule has 1 amide bonds. The van der Waals surface area contributed by atoms with E-state index in [1.54, 1.807) is 0 Å². The molecule has 0 bridgehead atoms. The summed E-state index contributed by atoms with van der Waals surface area (Å²) in [5.41, 5.74) is 3.50. The van der Waals surface area contributed by atoms with Crippen molar-refractivity contribution in [1.82, 2.24) is 15.2 Å². The van der Waals surface area contributed by atoms with Crippen molar-refractivity contribution >= 4 is 44.2 Å². The number of piperidine rings is 1. The molecule has 5 rings (SSSR count). The average Bonchev–Trinajstić information content (AvgIpc) is 3.37. The fourth-order valence-corrected chi connectivity index (χ4v) is 5.46. The van der Waals surface area contributed by atoms with Gasteiger partial charge in [0.25, 0.3) is 0 Å². The van der Waals surface area contributed by atoms with Crippen molar-refractivity contribution in [2.24, 2.45) is 0 Å². The molecule has 0 saturated carbocycles. The molecule has 1 aromatic heterocycles. The van der Waals surface area contributed by atoms with Crippen molar-refractivity contribution in [3.05, 3.63) is 64.3 Å². The molecule has 3 heterocycles. The molecule has 2 fully saturated rings. The van der Waals surface area contributed by atoms with Gasteiger partial charge in [-0.1, -0.05) is 27.6 Å². The van der Waals surface area contributed by atoms with Gasteiger partial charge in [-0.25, -0.2) is 0 Å². The third-order valence-electron chi connectivity index (χ3n) is 7.11. The monoisotopic (exact) mass is 508 g/mol. The quantitative estimate of drug-likeness (QED) is 0.476. The molecule has 0 radical (unpaired) electrons. The van der Waals surface area contributed by atoms with Crippen LogP contribution in [0, 0.1) is 6.92 Å². The van der Waals surface area contributed by atoms with Crippen LogP contribution in [0.5, 0.6) is 0 Å². The number of likely N-dealkylation sites (tertiary alicyclic amines) is 1. The van der Waals surface area contributed by atoms with E-state index >= 15 is 0 Å². The van der Waals surface area contributed by atoms with Crippen molar-refractivity contribution in [2.75, 3.05) is 31.2 Å². The third-order valence-corrected chi connectivity index (χ3v) is 7.64. The Kier molecular flexibility index (Phi) is 6.01. The van der Waals surface area contributed by atoms with Crippen LogP contribution in [-0.2, 0) is 4.79 Å². The number of halogens is 1. The SMILES string of the molecule is Cc1ccc2[nH]c(C(=O)CCCN3CCC4(CC3)C(=O)NCN4c3ccc(Br)cc3)cc2c1. The number of carbonyl (C=O) groups excluding carboxylic acids is 2. The molecule has 172 valence electrons. The van der Waals surface area contributed by atoms with E-state index in [0.717, 1.165) is 60.0 Å². The number of hydrogen-bond acceptors (Lipinski definition) is 4. The maximum atomic E-state index is 12.8. The molecule has 0 unspecified atom stereocenters. The van der Waals surface area contributed by atoms with E-state index in [2.05, 4.69) is 67.2 Å². The number of anilines is 1. The van der Waals surface area contributed by atoms with Gasteiger partial charge in [-0.05, 0) is 75.2 Å². The number of aromatic amines is 1. The lowest BCUT2D eigenvalue weighted by molar-refractivity contribution is -0.125. The standard InChI is InChI=1S/C26H29BrN4O2/c1-18-4-9-22-19(15-18)16-23(29-22)24(32)3-2-12-30-13-10-26(11-14-30)25(33)28-17-31(26)21-7-5-20(27)6-8-21/h4-9,15-16,29H,2-3,10-14,17H2,1H3,(H,28,33). The molecule has 2 saturated heterocycles. The number of nitrogens with zero attached hydrogens (tertiary/aromatic N) is 2. The normalized spacial score (nSPS) is 18.2. The van der Waals surface area contributed by atoms with Crippen LogP contribution in [0.2, 0.25) is 0 Å². The lowest BCUT2D eigenvalue weighted by Crippen LogP contribution is -2.56. The van der Waals surface area contributed by atoms with Gasteiger partial charge in [-0.2, -0.15) is 0 Å². The van der Waals surface area contributed by atoms with Gasteiger partial charge in [-0.3, -0.25) is 9.59 Å². The summed E-state index contributed by atoms with van der Waals surface area (Å²) in [4.78, 5) is 33.4. The lowest BCUT2D eigenvalue weighted by atomic mass is 9.85. The molecule has 0 aliphatic carbocycles. The third kappa shape index (κ3) is 4.32. The number of amides is 1. The first-order chi connectivity index (χ1) is 15.9. The lowest BCUT2D eigenvalue weighted by Gasteiger charge is -2.43. The van der Waals surface area contributed by atoms with E-state index in [9.17, 15) is 9.59 Å².